The van der Waals surface area contributed by atoms with Crippen LogP contribution in [-0.4, -0.2) is 71.6 Å². The average Bonchev–Trinajstić information content (AvgIpc) is 3.46. The predicted molar refractivity (Wildman–Crippen MR) is 126 cm³/mol. The van der Waals surface area contributed by atoms with Crippen LogP contribution in [0.5, 0.6) is 5.75 Å². The number of nitrogens with zero attached hydrogens (tertiary/aromatic N) is 2. The summed E-state index contributed by atoms with van der Waals surface area (Å²) in [6.45, 7) is 3.45. The van der Waals surface area contributed by atoms with Gasteiger partial charge in [0.1, 0.15) is 23.1 Å². The van der Waals surface area contributed by atoms with Gasteiger partial charge in [-0.05, 0) is 56.9 Å². The molecule has 2 aliphatic rings. The van der Waals surface area contributed by atoms with Crippen LogP contribution in [0.4, 0.5) is 0 Å². The van der Waals surface area contributed by atoms with Gasteiger partial charge in [0.15, 0.2) is 0 Å². The Labute approximate surface area is 204 Å². The number of likely N-dealkylation sites (tertiary alicyclic amines) is 2. The van der Waals surface area contributed by atoms with Crippen LogP contribution < -0.4 is 4.74 Å². The van der Waals surface area contributed by atoms with Gasteiger partial charge in [-0.1, -0.05) is 12.1 Å². The molecule has 0 saturated carbocycles. The molecule has 35 heavy (non-hydrogen) atoms. The van der Waals surface area contributed by atoms with E-state index in [1.165, 1.54) is 11.2 Å². The Hall–Kier alpha value is -3.33. The zero-order valence-electron chi connectivity index (χ0n) is 20.1. The lowest BCUT2D eigenvalue weighted by Crippen LogP contribution is -2.58. The fourth-order valence-electron chi connectivity index (χ4n) is 5.45. The summed E-state index contributed by atoms with van der Waals surface area (Å²) in [6, 6.07) is 9.25. The number of carboxylic acids is 1. The Morgan fingerprint density at radius 1 is 1.20 bits per heavy atom. The smallest absolute Gasteiger partial charge is 0.309 e. The summed E-state index contributed by atoms with van der Waals surface area (Å²) in [6.07, 6.45) is 3.29. The van der Waals surface area contributed by atoms with E-state index < -0.39 is 29.4 Å². The molecule has 2 amide bonds. The summed E-state index contributed by atoms with van der Waals surface area (Å²) in [4.78, 5) is 44.1. The van der Waals surface area contributed by atoms with Crippen molar-refractivity contribution in [2.45, 2.75) is 44.2 Å². The highest BCUT2D eigenvalue weighted by molar-refractivity contribution is 6.02. The summed E-state index contributed by atoms with van der Waals surface area (Å²) in [5.74, 6) is -2.02. The highest BCUT2D eigenvalue weighted by atomic mass is 16.5. The number of hydrogen-bond donors (Lipinski definition) is 1. The van der Waals surface area contributed by atoms with E-state index in [0.717, 1.165) is 6.42 Å². The highest BCUT2D eigenvalue weighted by Crippen LogP contribution is 2.52. The van der Waals surface area contributed by atoms with Gasteiger partial charge in [0, 0.05) is 20.2 Å². The molecule has 2 saturated heterocycles. The summed E-state index contributed by atoms with van der Waals surface area (Å²) in [5.41, 5.74) is -1.03. The maximum atomic E-state index is 14.3. The molecule has 1 N–H and O–H groups in total. The summed E-state index contributed by atoms with van der Waals surface area (Å²) < 4.78 is 16.6. The molecule has 3 heterocycles. The zero-order valence-corrected chi connectivity index (χ0v) is 20.1. The minimum Gasteiger partial charge on any atom is -0.493 e. The summed E-state index contributed by atoms with van der Waals surface area (Å²) in [5, 5.41) is 10.2. The Balaban J connectivity index is 1.88. The molecule has 0 aliphatic carbocycles. The van der Waals surface area contributed by atoms with E-state index in [1.54, 1.807) is 48.4 Å². The summed E-state index contributed by atoms with van der Waals surface area (Å²) in [7, 11) is 1.57. The van der Waals surface area contributed by atoms with Gasteiger partial charge in [-0.25, -0.2) is 0 Å². The summed E-state index contributed by atoms with van der Waals surface area (Å²) >= 11 is 0. The van der Waals surface area contributed by atoms with Crippen molar-refractivity contribution in [1.29, 1.82) is 0 Å². The van der Waals surface area contributed by atoms with Crippen LogP contribution >= 0.6 is 0 Å². The number of carbonyl (C=O) groups is 3. The maximum absolute atomic E-state index is 14.3. The Morgan fingerprint density at radius 2 is 2.00 bits per heavy atom. The monoisotopic (exact) mass is 484 g/mol. The van der Waals surface area contributed by atoms with Crippen LogP contribution in [0.1, 0.15) is 54.8 Å². The first-order valence-corrected chi connectivity index (χ1v) is 12.0. The highest BCUT2D eigenvalue weighted by Gasteiger charge is 2.62. The number of carbonyl (C=O) groups excluding carboxylic acids is 2. The molecular formula is C26H32N2O7. The van der Waals surface area contributed by atoms with Crippen LogP contribution in [-0.2, 0) is 14.3 Å². The first-order chi connectivity index (χ1) is 16.9. The average molecular weight is 485 g/mol. The van der Waals surface area contributed by atoms with Gasteiger partial charge in [0.25, 0.3) is 5.91 Å². The number of para-hydroxylation sites is 1. The SMILES string of the molecule is CCOc1ccccc1C(=O)N1[C@@H](c2ccco2)[C@@H](C(=O)O)C[C@]12CCCCN(CCOC)C2=O. The van der Waals surface area contributed by atoms with Crippen molar-refractivity contribution in [3.63, 3.8) is 0 Å². The van der Waals surface area contributed by atoms with Gasteiger partial charge in [-0.2, -0.15) is 0 Å². The van der Waals surface area contributed by atoms with Gasteiger partial charge in [0.2, 0.25) is 5.91 Å². The van der Waals surface area contributed by atoms with Crippen molar-refractivity contribution in [2.75, 3.05) is 33.4 Å². The van der Waals surface area contributed by atoms with Gasteiger partial charge >= 0.3 is 5.97 Å². The maximum Gasteiger partial charge on any atom is 0.309 e. The molecule has 2 aromatic rings. The van der Waals surface area contributed by atoms with Crippen LogP contribution in [0.2, 0.25) is 0 Å². The molecule has 9 nitrogen and oxygen atoms in total. The van der Waals surface area contributed by atoms with Crippen molar-refractivity contribution in [2.24, 2.45) is 5.92 Å². The van der Waals surface area contributed by atoms with Crippen molar-refractivity contribution in [1.82, 2.24) is 9.80 Å². The fraction of sp³-hybridized carbons (Fsp3) is 0.500. The standard InChI is InChI=1S/C26H32N2O7/c1-3-34-20-10-5-4-9-18(20)23(29)28-22(21-11-8-15-35-21)19(24(30)31)17-26(28)12-6-7-13-27(25(26)32)14-16-33-2/h4-5,8-11,15,19,22H,3,6-7,12-14,16-17H2,1-2H3,(H,30,31)/t19-,22+,26-/m0/s1. The molecule has 188 valence electrons. The second kappa shape index (κ2) is 10.5. The van der Waals surface area contributed by atoms with Crippen LogP contribution in [0, 0.1) is 5.92 Å². The molecule has 4 rings (SSSR count). The first-order valence-electron chi connectivity index (χ1n) is 12.0. The number of furan rings is 1. The van der Waals surface area contributed by atoms with Crippen LogP contribution in [0.25, 0.3) is 0 Å². The minimum atomic E-state index is -1.32. The second-order valence-electron chi connectivity index (χ2n) is 8.99. The molecule has 1 spiro atoms. The molecule has 0 bridgehead atoms. The second-order valence-corrected chi connectivity index (χ2v) is 8.99. The molecule has 3 atom stereocenters. The van der Waals surface area contributed by atoms with Crippen molar-refractivity contribution in [3.05, 3.63) is 54.0 Å². The quantitative estimate of drug-likeness (QED) is 0.612. The van der Waals surface area contributed by atoms with Gasteiger partial charge in [0.05, 0.1) is 31.0 Å². The van der Waals surface area contributed by atoms with Crippen molar-refractivity contribution >= 4 is 17.8 Å². The van der Waals surface area contributed by atoms with E-state index in [9.17, 15) is 19.5 Å². The lowest BCUT2D eigenvalue weighted by atomic mass is 9.85. The third kappa shape index (κ3) is 4.52. The van der Waals surface area contributed by atoms with Gasteiger partial charge in [-0.15, -0.1) is 0 Å². The van der Waals surface area contributed by atoms with Gasteiger partial charge < -0.3 is 28.8 Å². The lowest BCUT2D eigenvalue weighted by molar-refractivity contribution is -0.142. The lowest BCUT2D eigenvalue weighted by Gasteiger charge is -2.41. The molecule has 9 heteroatoms. The van der Waals surface area contributed by atoms with Crippen molar-refractivity contribution < 1.29 is 33.4 Å². The van der Waals surface area contributed by atoms with Crippen molar-refractivity contribution in [3.8, 4) is 5.75 Å². The number of benzene rings is 1. The number of carboxylic acid groups (broad SMARTS) is 1. The van der Waals surface area contributed by atoms with Gasteiger partial charge in [-0.3, -0.25) is 14.4 Å². The molecule has 1 aromatic carbocycles. The van der Waals surface area contributed by atoms with E-state index in [0.29, 0.717) is 50.7 Å². The Morgan fingerprint density at radius 3 is 2.69 bits per heavy atom. The minimum absolute atomic E-state index is 0.0125. The zero-order chi connectivity index (χ0) is 25.0. The predicted octanol–water partition coefficient (Wildman–Crippen LogP) is 3.36. The Kier molecular flexibility index (Phi) is 7.45. The Bertz CT molecular complexity index is 1050. The molecule has 0 radical (unpaired) electrons. The van der Waals surface area contributed by atoms with E-state index in [-0.39, 0.29) is 17.9 Å². The number of hydrogen-bond acceptors (Lipinski definition) is 6. The largest absolute Gasteiger partial charge is 0.493 e. The van der Waals surface area contributed by atoms with Crippen LogP contribution in [0.3, 0.4) is 0 Å². The number of ether oxygens (including phenoxy) is 2. The molecule has 2 aliphatic heterocycles. The first kappa shape index (κ1) is 24.8. The number of rotatable bonds is 8. The fourth-order valence-corrected chi connectivity index (χ4v) is 5.45. The normalized spacial score (nSPS) is 24.6. The van der Waals surface area contributed by atoms with E-state index >= 15 is 0 Å². The number of methoxy groups -OCH3 is 1. The molecule has 1 aromatic heterocycles. The number of amides is 2. The molecule has 2 fully saturated rings. The molecule has 0 unspecified atom stereocenters. The van der Waals surface area contributed by atoms with Crippen LogP contribution in [0.15, 0.2) is 47.1 Å². The third-order valence-electron chi connectivity index (χ3n) is 6.99. The van der Waals surface area contributed by atoms with E-state index in [1.807, 2.05) is 6.92 Å². The topological polar surface area (TPSA) is 110 Å². The van der Waals surface area contributed by atoms with E-state index in [2.05, 4.69) is 0 Å². The van der Waals surface area contributed by atoms with E-state index in [4.69, 9.17) is 13.9 Å². The molecular weight excluding hydrogens is 452 g/mol. The third-order valence-corrected chi connectivity index (χ3v) is 6.99. The number of aliphatic carboxylic acids is 1.